The van der Waals surface area contributed by atoms with Gasteiger partial charge in [-0.05, 0) is 24.3 Å². The molecular formula is C15H16FN3O2. The highest BCUT2D eigenvalue weighted by atomic mass is 19.1. The highest BCUT2D eigenvalue weighted by Gasteiger charge is 2.10. The van der Waals surface area contributed by atoms with Gasteiger partial charge in [0.05, 0.1) is 24.1 Å². The van der Waals surface area contributed by atoms with Crippen LogP contribution in [0.3, 0.4) is 0 Å². The maximum atomic E-state index is 13.5. The summed E-state index contributed by atoms with van der Waals surface area (Å²) >= 11 is 0. The minimum Gasteiger partial charge on any atom is -0.383 e. The molecule has 2 aromatic rings. The predicted octanol–water partition coefficient (Wildman–Crippen LogP) is 2.53. The first-order chi connectivity index (χ1) is 10.2. The smallest absolute Gasteiger partial charge is 0.258 e. The summed E-state index contributed by atoms with van der Waals surface area (Å²) in [5.41, 5.74) is 0.500. The second kappa shape index (κ2) is 7.35. The lowest BCUT2D eigenvalue weighted by atomic mass is 10.2. The van der Waals surface area contributed by atoms with Crippen molar-refractivity contribution in [2.75, 3.05) is 30.9 Å². The maximum absolute atomic E-state index is 13.5. The number of anilines is 2. The summed E-state index contributed by atoms with van der Waals surface area (Å²) in [6.45, 7) is 1.22. The number of nitrogens with zero attached hydrogens (tertiary/aromatic N) is 1. The summed E-state index contributed by atoms with van der Waals surface area (Å²) in [6, 6.07) is 9.25. The van der Waals surface area contributed by atoms with E-state index in [0.29, 0.717) is 24.7 Å². The standard InChI is InChI=1S/C15H16FN3O2/c1-21-9-8-17-14-7-6-11(10-18-14)19-15(20)12-4-2-3-5-13(12)16/h2-7,10H,8-9H2,1H3,(H,17,18)(H,19,20). The van der Waals surface area contributed by atoms with Crippen molar-refractivity contribution in [1.82, 2.24) is 4.98 Å². The number of carbonyl (C=O) groups is 1. The Morgan fingerprint density at radius 3 is 2.76 bits per heavy atom. The van der Waals surface area contributed by atoms with E-state index in [1.807, 2.05) is 0 Å². The number of carbonyl (C=O) groups excluding carboxylic acids is 1. The molecule has 1 aromatic heterocycles. The molecule has 0 aliphatic carbocycles. The summed E-state index contributed by atoms with van der Waals surface area (Å²) in [6.07, 6.45) is 1.51. The second-order valence-corrected chi connectivity index (χ2v) is 4.29. The number of ether oxygens (including phenoxy) is 1. The van der Waals surface area contributed by atoms with Gasteiger partial charge < -0.3 is 15.4 Å². The molecule has 0 bridgehead atoms. The molecule has 1 amide bonds. The second-order valence-electron chi connectivity index (χ2n) is 4.29. The van der Waals surface area contributed by atoms with Gasteiger partial charge in [-0.15, -0.1) is 0 Å². The molecule has 0 atom stereocenters. The summed E-state index contributed by atoms with van der Waals surface area (Å²) in [7, 11) is 1.62. The summed E-state index contributed by atoms with van der Waals surface area (Å²) in [4.78, 5) is 16.1. The minimum atomic E-state index is -0.555. The molecule has 0 unspecified atom stereocenters. The number of amides is 1. The molecule has 0 saturated heterocycles. The van der Waals surface area contributed by atoms with Crippen molar-refractivity contribution in [1.29, 1.82) is 0 Å². The minimum absolute atomic E-state index is 0.000189. The van der Waals surface area contributed by atoms with Gasteiger partial charge in [-0.1, -0.05) is 12.1 Å². The molecule has 110 valence electrons. The quantitative estimate of drug-likeness (QED) is 0.802. The number of rotatable bonds is 6. The Labute approximate surface area is 122 Å². The molecule has 1 aromatic carbocycles. The maximum Gasteiger partial charge on any atom is 0.258 e. The fraction of sp³-hybridized carbons (Fsp3) is 0.200. The SMILES string of the molecule is COCCNc1ccc(NC(=O)c2ccccc2F)cn1. The average Bonchev–Trinajstić information content (AvgIpc) is 2.49. The van der Waals surface area contributed by atoms with Gasteiger partial charge in [0.15, 0.2) is 0 Å². The number of hydrogen-bond donors (Lipinski definition) is 2. The van der Waals surface area contributed by atoms with E-state index in [9.17, 15) is 9.18 Å². The van der Waals surface area contributed by atoms with Crippen molar-refractivity contribution in [2.45, 2.75) is 0 Å². The fourth-order valence-corrected chi connectivity index (χ4v) is 1.70. The van der Waals surface area contributed by atoms with E-state index in [-0.39, 0.29) is 5.56 Å². The van der Waals surface area contributed by atoms with Gasteiger partial charge in [0, 0.05) is 13.7 Å². The molecule has 0 spiro atoms. The lowest BCUT2D eigenvalue weighted by molar-refractivity contribution is 0.102. The molecule has 0 radical (unpaired) electrons. The van der Waals surface area contributed by atoms with Crippen molar-refractivity contribution < 1.29 is 13.9 Å². The van der Waals surface area contributed by atoms with Crippen molar-refractivity contribution in [2.24, 2.45) is 0 Å². The molecule has 2 N–H and O–H groups in total. The number of methoxy groups -OCH3 is 1. The molecule has 0 aliphatic rings. The fourth-order valence-electron chi connectivity index (χ4n) is 1.70. The Morgan fingerprint density at radius 2 is 2.10 bits per heavy atom. The third kappa shape index (κ3) is 4.25. The topological polar surface area (TPSA) is 63.2 Å². The Hall–Kier alpha value is -2.47. The van der Waals surface area contributed by atoms with Gasteiger partial charge in [-0.3, -0.25) is 4.79 Å². The van der Waals surface area contributed by atoms with Gasteiger partial charge in [0.25, 0.3) is 5.91 Å². The van der Waals surface area contributed by atoms with Crippen LogP contribution in [0.1, 0.15) is 10.4 Å². The number of hydrogen-bond acceptors (Lipinski definition) is 4. The molecular weight excluding hydrogens is 273 g/mol. The predicted molar refractivity (Wildman–Crippen MR) is 79.0 cm³/mol. The molecule has 21 heavy (non-hydrogen) atoms. The Balaban J connectivity index is 1.97. The first kappa shape index (κ1) is 14.9. The highest BCUT2D eigenvalue weighted by molar-refractivity contribution is 6.04. The van der Waals surface area contributed by atoms with E-state index in [0.717, 1.165) is 0 Å². The van der Waals surface area contributed by atoms with Crippen LogP contribution in [0.25, 0.3) is 0 Å². The Bertz CT molecular complexity index is 602. The lowest BCUT2D eigenvalue weighted by Gasteiger charge is -2.08. The van der Waals surface area contributed by atoms with Crippen molar-refractivity contribution in [3.8, 4) is 0 Å². The van der Waals surface area contributed by atoms with Gasteiger partial charge in [-0.25, -0.2) is 9.37 Å². The van der Waals surface area contributed by atoms with Crippen LogP contribution in [0.5, 0.6) is 0 Å². The highest BCUT2D eigenvalue weighted by Crippen LogP contribution is 2.13. The molecule has 0 saturated carbocycles. The average molecular weight is 289 g/mol. The van der Waals surface area contributed by atoms with Crippen LogP contribution in [-0.4, -0.2) is 31.2 Å². The van der Waals surface area contributed by atoms with Crippen LogP contribution in [0.15, 0.2) is 42.6 Å². The zero-order valence-electron chi connectivity index (χ0n) is 11.6. The van der Waals surface area contributed by atoms with Crippen LogP contribution in [-0.2, 0) is 4.74 Å². The van der Waals surface area contributed by atoms with Crippen LogP contribution in [0.2, 0.25) is 0 Å². The molecule has 0 aliphatic heterocycles. The van der Waals surface area contributed by atoms with E-state index < -0.39 is 11.7 Å². The van der Waals surface area contributed by atoms with E-state index in [1.165, 1.54) is 24.4 Å². The normalized spacial score (nSPS) is 10.2. The number of nitrogens with one attached hydrogen (secondary N) is 2. The lowest BCUT2D eigenvalue weighted by Crippen LogP contribution is -2.14. The van der Waals surface area contributed by atoms with Crippen molar-refractivity contribution >= 4 is 17.4 Å². The van der Waals surface area contributed by atoms with Crippen LogP contribution >= 0.6 is 0 Å². The zero-order valence-corrected chi connectivity index (χ0v) is 11.6. The Kier molecular flexibility index (Phi) is 5.22. The van der Waals surface area contributed by atoms with E-state index in [4.69, 9.17) is 4.74 Å². The summed E-state index contributed by atoms with van der Waals surface area (Å²) < 4.78 is 18.4. The van der Waals surface area contributed by atoms with Crippen LogP contribution in [0, 0.1) is 5.82 Å². The summed E-state index contributed by atoms with van der Waals surface area (Å²) in [5, 5.41) is 5.66. The molecule has 0 fully saturated rings. The van der Waals surface area contributed by atoms with Crippen LogP contribution in [0.4, 0.5) is 15.9 Å². The van der Waals surface area contributed by atoms with Crippen LogP contribution < -0.4 is 10.6 Å². The largest absolute Gasteiger partial charge is 0.383 e. The summed E-state index contributed by atoms with van der Waals surface area (Å²) in [5.74, 6) is -0.383. The Morgan fingerprint density at radius 1 is 1.29 bits per heavy atom. The van der Waals surface area contributed by atoms with Gasteiger partial charge >= 0.3 is 0 Å². The first-order valence-corrected chi connectivity index (χ1v) is 6.45. The van der Waals surface area contributed by atoms with Crippen molar-refractivity contribution in [3.63, 3.8) is 0 Å². The van der Waals surface area contributed by atoms with Crippen molar-refractivity contribution in [3.05, 3.63) is 54.0 Å². The van der Waals surface area contributed by atoms with E-state index in [1.54, 1.807) is 25.3 Å². The number of pyridine rings is 1. The third-order valence-electron chi connectivity index (χ3n) is 2.75. The van der Waals surface area contributed by atoms with Gasteiger partial charge in [0.1, 0.15) is 11.6 Å². The number of benzene rings is 1. The monoisotopic (exact) mass is 289 g/mol. The van der Waals surface area contributed by atoms with Gasteiger partial charge in [-0.2, -0.15) is 0 Å². The molecule has 1 heterocycles. The third-order valence-corrected chi connectivity index (χ3v) is 2.75. The zero-order chi connectivity index (χ0) is 15.1. The molecule has 6 heteroatoms. The molecule has 2 rings (SSSR count). The first-order valence-electron chi connectivity index (χ1n) is 6.45. The van der Waals surface area contributed by atoms with E-state index >= 15 is 0 Å². The van der Waals surface area contributed by atoms with E-state index in [2.05, 4.69) is 15.6 Å². The number of halogens is 1. The number of aromatic nitrogens is 1. The van der Waals surface area contributed by atoms with Gasteiger partial charge in [0.2, 0.25) is 0 Å². The molecule has 5 nitrogen and oxygen atoms in total.